The minimum absolute atomic E-state index is 0.168. The van der Waals surface area contributed by atoms with Crippen molar-refractivity contribution in [1.29, 1.82) is 0 Å². The zero-order valence-electron chi connectivity index (χ0n) is 25.7. The van der Waals surface area contributed by atoms with E-state index in [1.165, 1.54) is 0 Å². The molecule has 0 spiro atoms. The molecule has 0 bridgehead atoms. The molecule has 0 radical (unpaired) electrons. The first-order valence-electron chi connectivity index (χ1n) is 14.5. The average Bonchev–Trinajstić information content (AvgIpc) is 3.24. The number of hydrogen-bond donors (Lipinski definition) is 1. The second-order valence-corrected chi connectivity index (χ2v) is 12.5. The van der Waals surface area contributed by atoms with Crippen LogP contribution in [0.4, 0.5) is 4.79 Å². The number of ether oxygens (including phenoxy) is 1. The first-order chi connectivity index (χ1) is 20.4. The number of benzene rings is 2. The van der Waals surface area contributed by atoms with Crippen molar-refractivity contribution in [3.63, 3.8) is 0 Å². The summed E-state index contributed by atoms with van der Waals surface area (Å²) in [6.07, 6.45) is 0.502. The number of hydrogen-bond acceptors (Lipinski definition) is 5. The summed E-state index contributed by atoms with van der Waals surface area (Å²) in [5.41, 5.74) is 2.81. The maximum absolute atomic E-state index is 14.1. The zero-order valence-corrected chi connectivity index (χ0v) is 27.3. The molecule has 10 heteroatoms. The van der Waals surface area contributed by atoms with Crippen LogP contribution in [0.3, 0.4) is 0 Å². The third-order valence-electron chi connectivity index (χ3n) is 7.16. The fraction of sp³-hybridized carbons (Fsp3) is 0.394. The highest BCUT2D eigenvalue weighted by atomic mass is 79.9. The molecule has 0 aliphatic heterocycles. The second kappa shape index (κ2) is 13.6. The van der Waals surface area contributed by atoms with E-state index in [1.807, 2.05) is 102 Å². The predicted molar refractivity (Wildman–Crippen MR) is 172 cm³/mol. The lowest BCUT2D eigenvalue weighted by molar-refractivity contribution is 0.0523. The molecule has 0 aliphatic rings. The van der Waals surface area contributed by atoms with Crippen molar-refractivity contribution in [2.75, 3.05) is 13.1 Å². The number of amides is 2. The molecule has 228 valence electrons. The van der Waals surface area contributed by atoms with Crippen molar-refractivity contribution < 1.29 is 14.3 Å². The molecule has 0 fully saturated rings. The number of halogens is 1. The first-order valence-corrected chi connectivity index (χ1v) is 15.3. The van der Waals surface area contributed by atoms with Crippen LogP contribution in [0.5, 0.6) is 0 Å². The van der Waals surface area contributed by atoms with Crippen LogP contribution in [0.1, 0.15) is 73.9 Å². The fourth-order valence-electron chi connectivity index (χ4n) is 5.04. The summed E-state index contributed by atoms with van der Waals surface area (Å²) in [4.78, 5) is 47.2. The lowest BCUT2D eigenvalue weighted by Crippen LogP contribution is -2.41. The van der Waals surface area contributed by atoms with Gasteiger partial charge in [-0.3, -0.25) is 14.2 Å². The van der Waals surface area contributed by atoms with Crippen LogP contribution in [0.25, 0.3) is 11.0 Å². The molecule has 43 heavy (non-hydrogen) atoms. The normalized spacial score (nSPS) is 12.3. The third-order valence-corrected chi connectivity index (χ3v) is 7.92. The summed E-state index contributed by atoms with van der Waals surface area (Å²) in [5.74, 6) is 0.349. The van der Waals surface area contributed by atoms with Gasteiger partial charge in [-0.25, -0.2) is 9.78 Å². The van der Waals surface area contributed by atoms with E-state index in [4.69, 9.17) is 9.72 Å². The Kier molecular flexibility index (Phi) is 10.1. The first kappa shape index (κ1) is 32.0. The van der Waals surface area contributed by atoms with E-state index in [2.05, 4.69) is 21.2 Å². The van der Waals surface area contributed by atoms with Gasteiger partial charge in [-0.15, -0.1) is 0 Å². The lowest BCUT2D eigenvalue weighted by atomic mass is 10.1. The van der Waals surface area contributed by atoms with Crippen LogP contribution < -0.4 is 10.9 Å². The van der Waals surface area contributed by atoms with Gasteiger partial charge >= 0.3 is 6.09 Å². The van der Waals surface area contributed by atoms with E-state index >= 15 is 0 Å². The highest BCUT2D eigenvalue weighted by molar-refractivity contribution is 9.10. The van der Waals surface area contributed by atoms with E-state index in [1.54, 1.807) is 14.0 Å². The minimum Gasteiger partial charge on any atom is -0.444 e. The van der Waals surface area contributed by atoms with Crippen molar-refractivity contribution >= 4 is 39.0 Å². The Labute approximate surface area is 261 Å². The number of nitrogens with one attached hydrogen (secondary N) is 1. The second-order valence-electron chi connectivity index (χ2n) is 11.7. The molecular formula is C33H40BrN5O4. The van der Waals surface area contributed by atoms with Crippen LogP contribution in [-0.2, 0) is 18.3 Å². The molecule has 4 rings (SSSR count). The maximum atomic E-state index is 14.1. The summed E-state index contributed by atoms with van der Waals surface area (Å²) >= 11 is 3.54. The monoisotopic (exact) mass is 649 g/mol. The molecule has 2 aromatic heterocycles. The van der Waals surface area contributed by atoms with Crippen LogP contribution in [0.15, 0.2) is 70.1 Å². The molecule has 2 amide bonds. The quantitative estimate of drug-likeness (QED) is 0.202. The lowest BCUT2D eigenvalue weighted by Gasteiger charge is -2.32. The molecule has 0 aliphatic carbocycles. The fourth-order valence-corrected chi connectivity index (χ4v) is 5.44. The van der Waals surface area contributed by atoms with Gasteiger partial charge in [0.2, 0.25) is 0 Å². The third kappa shape index (κ3) is 7.73. The predicted octanol–water partition coefficient (Wildman–Crippen LogP) is 6.36. The molecule has 0 saturated carbocycles. The van der Waals surface area contributed by atoms with Crippen molar-refractivity contribution in [1.82, 2.24) is 24.3 Å². The van der Waals surface area contributed by atoms with Crippen LogP contribution in [0.2, 0.25) is 0 Å². The summed E-state index contributed by atoms with van der Waals surface area (Å²) in [6, 6.07) is 18.5. The van der Waals surface area contributed by atoms with Crippen LogP contribution in [-0.4, -0.2) is 49.7 Å². The number of aromatic nitrogens is 3. The molecular weight excluding hydrogens is 610 g/mol. The van der Waals surface area contributed by atoms with Crippen molar-refractivity contribution in [2.24, 2.45) is 7.05 Å². The highest BCUT2D eigenvalue weighted by Crippen LogP contribution is 2.28. The Balaban J connectivity index is 1.76. The Hall–Kier alpha value is -3.92. The summed E-state index contributed by atoms with van der Waals surface area (Å²) in [7, 11) is 1.82. The van der Waals surface area contributed by atoms with Gasteiger partial charge in [0.05, 0.1) is 22.7 Å². The van der Waals surface area contributed by atoms with Gasteiger partial charge in [-0.1, -0.05) is 55.0 Å². The van der Waals surface area contributed by atoms with E-state index in [0.29, 0.717) is 54.9 Å². The Morgan fingerprint density at radius 1 is 1.09 bits per heavy atom. The van der Waals surface area contributed by atoms with Gasteiger partial charge < -0.3 is 19.5 Å². The van der Waals surface area contributed by atoms with Crippen LogP contribution in [0, 0.1) is 6.92 Å². The van der Waals surface area contributed by atoms with Gasteiger partial charge in [0.25, 0.3) is 11.5 Å². The van der Waals surface area contributed by atoms with Gasteiger partial charge in [0.1, 0.15) is 16.9 Å². The number of nitrogens with zero attached hydrogens (tertiary/aromatic N) is 4. The topological polar surface area (TPSA) is 98.5 Å². The smallest absolute Gasteiger partial charge is 0.407 e. The Bertz CT molecular complexity index is 1640. The average molecular weight is 651 g/mol. The summed E-state index contributed by atoms with van der Waals surface area (Å²) in [5, 5.41) is 2.79. The van der Waals surface area contributed by atoms with Gasteiger partial charge in [-0.05, 0) is 80.2 Å². The summed E-state index contributed by atoms with van der Waals surface area (Å²) < 4.78 is 9.58. The molecule has 1 unspecified atom stereocenters. The highest BCUT2D eigenvalue weighted by Gasteiger charge is 2.30. The minimum atomic E-state index is -0.607. The van der Waals surface area contributed by atoms with Crippen molar-refractivity contribution in [2.45, 2.75) is 65.6 Å². The number of fused-ring (bicyclic) bond motifs is 1. The van der Waals surface area contributed by atoms with Crippen molar-refractivity contribution in [3.05, 3.63) is 98.1 Å². The number of rotatable bonds is 10. The largest absolute Gasteiger partial charge is 0.444 e. The van der Waals surface area contributed by atoms with E-state index in [9.17, 15) is 14.4 Å². The van der Waals surface area contributed by atoms with E-state index < -0.39 is 17.7 Å². The molecule has 1 atom stereocenters. The number of carbonyl (C=O) groups excluding carboxylic acids is 2. The molecule has 0 saturated heterocycles. The molecule has 2 heterocycles. The van der Waals surface area contributed by atoms with Gasteiger partial charge in [0, 0.05) is 25.7 Å². The van der Waals surface area contributed by atoms with E-state index in [0.717, 1.165) is 15.7 Å². The Morgan fingerprint density at radius 3 is 2.40 bits per heavy atom. The Morgan fingerprint density at radius 2 is 1.77 bits per heavy atom. The van der Waals surface area contributed by atoms with Crippen molar-refractivity contribution in [3.8, 4) is 0 Å². The molecule has 2 aromatic carbocycles. The van der Waals surface area contributed by atoms with Crippen LogP contribution >= 0.6 is 15.9 Å². The SMILES string of the molecule is CCC(c1nc2cc(Br)n(C)c2c(=O)n1Cc1ccccc1)N(CCCNC(=O)OC(C)(C)C)C(=O)c1ccc(C)cc1. The maximum Gasteiger partial charge on any atom is 0.407 e. The number of carbonyl (C=O) groups is 2. The molecule has 1 N–H and O–H groups in total. The standard InChI is InChI=1S/C33H40BrN5O4/c1-7-26(29-36-25-20-27(34)37(6)28(25)31(41)39(29)21-23-12-9-8-10-13-23)38(30(40)24-16-14-22(2)15-17-24)19-11-18-35-32(42)43-33(3,4)5/h8-10,12-17,20,26H,7,11,18-19,21H2,1-6H3,(H,35,42). The number of alkyl carbamates (subject to hydrolysis) is 1. The number of aryl methyl sites for hydroxylation is 2. The van der Waals surface area contributed by atoms with Gasteiger partial charge in [0.15, 0.2) is 0 Å². The zero-order chi connectivity index (χ0) is 31.3. The molecule has 4 aromatic rings. The summed E-state index contributed by atoms with van der Waals surface area (Å²) in [6.45, 7) is 10.4. The van der Waals surface area contributed by atoms with E-state index in [-0.39, 0.29) is 11.5 Å². The molecule has 9 nitrogen and oxygen atoms in total. The van der Waals surface area contributed by atoms with Gasteiger partial charge in [-0.2, -0.15) is 0 Å².